The van der Waals surface area contributed by atoms with Gasteiger partial charge in [-0.05, 0) is 12.8 Å². The van der Waals surface area contributed by atoms with Crippen LogP contribution in [-0.2, 0) is 4.74 Å². The lowest BCUT2D eigenvalue weighted by atomic mass is 9.98. The zero-order valence-electron chi connectivity index (χ0n) is 9.86. The molecule has 0 saturated heterocycles. The Morgan fingerprint density at radius 3 is 2.65 bits per heavy atom. The van der Waals surface area contributed by atoms with E-state index < -0.39 is 0 Å². The molecule has 1 heterocycles. The van der Waals surface area contributed by atoms with Crippen molar-refractivity contribution in [2.75, 3.05) is 18.5 Å². The van der Waals surface area contributed by atoms with E-state index in [-0.39, 0.29) is 0 Å². The Kier molecular flexibility index (Phi) is 5.01. The first-order valence-electron chi connectivity index (χ1n) is 6.17. The highest BCUT2D eigenvalue weighted by molar-refractivity contribution is 6.30. The highest BCUT2D eigenvalue weighted by atomic mass is 35.5. The van der Waals surface area contributed by atoms with Crippen molar-refractivity contribution in [2.45, 2.75) is 38.2 Å². The quantitative estimate of drug-likeness (QED) is 0.822. The third-order valence-corrected chi connectivity index (χ3v) is 3.11. The molecular weight excluding hydrogens is 238 g/mol. The minimum atomic E-state index is 0.455. The summed E-state index contributed by atoms with van der Waals surface area (Å²) in [6.45, 7) is 1.44. The highest BCUT2D eigenvalue weighted by Crippen LogP contribution is 2.19. The largest absolute Gasteiger partial charge is 0.376 e. The molecule has 1 aliphatic rings. The van der Waals surface area contributed by atoms with Crippen LogP contribution in [0.5, 0.6) is 0 Å². The van der Waals surface area contributed by atoms with Gasteiger partial charge in [0, 0.05) is 6.54 Å². The molecule has 1 N–H and O–H groups in total. The third-order valence-electron chi connectivity index (χ3n) is 2.91. The molecule has 0 aromatic carbocycles. The average molecular weight is 256 g/mol. The molecule has 1 saturated carbocycles. The summed E-state index contributed by atoms with van der Waals surface area (Å²) in [4.78, 5) is 8.11. The van der Waals surface area contributed by atoms with Gasteiger partial charge in [0.25, 0.3) is 0 Å². The number of hydrogen-bond acceptors (Lipinski definition) is 4. The van der Waals surface area contributed by atoms with E-state index in [2.05, 4.69) is 15.3 Å². The van der Waals surface area contributed by atoms with Gasteiger partial charge in [-0.15, -0.1) is 0 Å². The summed E-state index contributed by atoms with van der Waals surface area (Å²) in [6.07, 6.45) is 10.00. The lowest BCUT2D eigenvalue weighted by Gasteiger charge is -2.21. The monoisotopic (exact) mass is 255 g/mol. The Labute approximate surface area is 107 Å². The van der Waals surface area contributed by atoms with Gasteiger partial charge in [-0.3, -0.25) is 0 Å². The first kappa shape index (κ1) is 12.6. The Morgan fingerprint density at radius 2 is 1.94 bits per heavy atom. The number of nitrogens with zero attached hydrogens (tertiary/aromatic N) is 2. The van der Waals surface area contributed by atoms with Crippen LogP contribution in [0.1, 0.15) is 32.1 Å². The molecule has 0 amide bonds. The number of halogens is 1. The van der Waals surface area contributed by atoms with E-state index in [4.69, 9.17) is 16.3 Å². The van der Waals surface area contributed by atoms with E-state index in [1.54, 1.807) is 12.4 Å². The number of ether oxygens (including phenoxy) is 1. The van der Waals surface area contributed by atoms with Crippen molar-refractivity contribution in [3.63, 3.8) is 0 Å². The molecule has 17 heavy (non-hydrogen) atoms. The minimum absolute atomic E-state index is 0.455. The zero-order valence-corrected chi connectivity index (χ0v) is 10.6. The summed E-state index contributed by atoms with van der Waals surface area (Å²) in [6, 6.07) is 0. The van der Waals surface area contributed by atoms with E-state index in [1.165, 1.54) is 32.1 Å². The van der Waals surface area contributed by atoms with Crippen molar-refractivity contribution >= 4 is 17.5 Å². The molecule has 1 fully saturated rings. The summed E-state index contributed by atoms with van der Waals surface area (Å²) >= 11 is 5.70. The molecule has 4 nitrogen and oxygen atoms in total. The van der Waals surface area contributed by atoms with Crippen LogP contribution in [0.3, 0.4) is 0 Å². The van der Waals surface area contributed by atoms with E-state index in [0.717, 1.165) is 6.54 Å². The number of anilines is 1. The van der Waals surface area contributed by atoms with E-state index >= 15 is 0 Å². The number of rotatable bonds is 5. The lowest BCUT2D eigenvalue weighted by Crippen LogP contribution is -2.20. The molecule has 1 aromatic heterocycles. The molecule has 1 aliphatic carbocycles. The molecule has 0 bridgehead atoms. The molecule has 0 atom stereocenters. The topological polar surface area (TPSA) is 47.0 Å². The first-order chi connectivity index (χ1) is 8.34. The Hall–Kier alpha value is -0.870. The van der Waals surface area contributed by atoms with Crippen molar-refractivity contribution in [1.29, 1.82) is 0 Å². The normalized spacial score (nSPS) is 17.0. The lowest BCUT2D eigenvalue weighted by molar-refractivity contribution is 0.0347. The van der Waals surface area contributed by atoms with Crippen molar-refractivity contribution in [2.24, 2.45) is 0 Å². The summed E-state index contributed by atoms with van der Waals surface area (Å²) in [5.74, 6) is 0.599. The smallest absolute Gasteiger partial charge is 0.222 e. The fourth-order valence-corrected chi connectivity index (χ4v) is 2.12. The van der Waals surface area contributed by atoms with E-state index in [9.17, 15) is 0 Å². The van der Waals surface area contributed by atoms with Gasteiger partial charge in [0.05, 0.1) is 30.1 Å². The van der Waals surface area contributed by atoms with Gasteiger partial charge < -0.3 is 10.1 Å². The molecule has 0 aliphatic heterocycles. The van der Waals surface area contributed by atoms with Crippen LogP contribution < -0.4 is 5.32 Å². The van der Waals surface area contributed by atoms with Crippen molar-refractivity contribution in [1.82, 2.24) is 9.97 Å². The second-order valence-corrected chi connectivity index (χ2v) is 4.72. The third kappa shape index (κ3) is 4.48. The van der Waals surface area contributed by atoms with Gasteiger partial charge in [0.2, 0.25) is 5.95 Å². The van der Waals surface area contributed by atoms with Crippen LogP contribution in [-0.4, -0.2) is 29.2 Å². The molecular formula is C12H18ClN3O. The molecule has 1 aromatic rings. The standard InChI is InChI=1S/C12H18ClN3O/c13-10-8-15-12(16-9-10)14-6-7-17-11-4-2-1-3-5-11/h8-9,11H,1-7H2,(H,14,15,16). The molecule has 5 heteroatoms. The Morgan fingerprint density at radius 1 is 1.24 bits per heavy atom. The second kappa shape index (κ2) is 6.77. The first-order valence-corrected chi connectivity index (χ1v) is 6.55. The fourth-order valence-electron chi connectivity index (χ4n) is 2.02. The van der Waals surface area contributed by atoms with Crippen molar-refractivity contribution in [3.8, 4) is 0 Å². The van der Waals surface area contributed by atoms with Crippen LogP contribution >= 0.6 is 11.6 Å². The maximum atomic E-state index is 5.78. The summed E-state index contributed by atoms with van der Waals surface area (Å²) in [5.41, 5.74) is 0. The summed E-state index contributed by atoms with van der Waals surface area (Å²) < 4.78 is 5.78. The number of aromatic nitrogens is 2. The SMILES string of the molecule is Clc1cnc(NCCOC2CCCCC2)nc1. The molecule has 0 unspecified atom stereocenters. The predicted octanol–water partition coefficient (Wildman–Crippen LogP) is 2.89. The second-order valence-electron chi connectivity index (χ2n) is 4.28. The zero-order chi connectivity index (χ0) is 11.9. The van der Waals surface area contributed by atoms with Gasteiger partial charge in [-0.2, -0.15) is 0 Å². The van der Waals surface area contributed by atoms with Gasteiger partial charge >= 0.3 is 0 Å². The van der Waals surface area contributed by atoms with Crippen LogP contribution in [0.2, 0.25) is 5.02 Å². The van der Waals surface area contributed by atoms with Crippen LogP contribution in [0.4, 0.5) is 5.95 Å². The maximum Gasteiger partial charge on any atom is 0.222 e. The van der Waals surface area contributed by atoms with Crippen LogP contribution in [0.25, 0.3) is 0 Å². The van der Waals surface area contributed by atoms with E-state index in [0.29, 0.717) is 23.7 Å². The fraction of sp³-hybridized carbons (Fsp3) is 0.667. The Balaban J connectivity index is 1.60. The van der Waals surface area contributed by atoms with Crippen LogP contribution in [0.15, 0.2) is 12.4 Å². The number of hydrogen-bond donors (Lipinski definition) is 1. The number of nitrogens with one attached hydrogen (secondary N) is 1. The molecule has 0 radical (unpaired) electrons. The maximum absolute atomic E-state index is 5.78. The van der Waals surface area contributed by atoms with Gasteiger partial charge in [0.1, 0.15) is 0 Å². The average Bonchev–Trinajstić information content (AvgIpc) is 2.38. The predicted molar refractivity (Wildman–Crippen MR) is 68.4 cm³/mol. The highest BCUT2D eigenvalue weighted by Gasteiger charge is 2.12. The van der Waals surface area contributed by atoms with Gasteiger partial charge in [-0.25, -0.2) is 9.97 Å². The van der Waals surface area contributed by atoms with Crippen LogP contribution in [0, 0.1) is 0 Å². The minimum Gasteiger partial charge on any atom is -0.376 e. The summed E-state index contributed by atoms with van der Waals surface area (Å²) in [7, 11) is 0. The van der Waals surface area contributed by atoms with Crippen molar-refractivity contribution in [3.05, 3.63) is 17.4 Å². The molecule has 94 valence electrons. The Bertz CT molecular complexity index is 325. The molecule has 2 rings (SSSR count). The van der Waals surface area contributed by atoms with E-state index in [1.807, 2.05) is 0 Å². The molecule has 0 spiro atoms. The van der Waals surface area contributed by atoms with Gasteiger partial charge in [-0.1, -0.05) is 30.9 Å². The van der Waals surface area contributed by atoms with Crippen molar-refractivity contribution < 1.29 is 4.74 Å². The summed E-state index contributed by atoms with van der Waals surface area (Å²) in [5, 5.41) is 3.66. The van der Waals surface area contributed by atoms with Gasteiger partial charge in [0.15, 0.2) is 0 Å².